The van der Waals surface area contributed by atoms with Gasteiger partial charge in [0, 0.05) is 24.5 Å². The number of rotatable bonds is 5. The fourth-order valence-corrected chi connectivity index (χ4v) is 4.51. The number of anilines is 1. The molecule has 2 atom stereocenters. The highest BCUT2D eigenvalue weighted by Crippen LogP contribution is 2.27. The van der Waals surface area contributed by atoms with E-state index < -0.39 is 0 Å². The maximum Gasteiger partial charge on any atom is 0.237 e. The Labute approximate surface area is 152 Å². The van der Waals surface area contributed by atoms with Gasteiger partial charge in [0.1, 0.15) is 0 Å². The summed E-state index contributed by atoms with van der Waals surface area (Å²) >= 11 is 1.68. The van der Waals surface area contributed by atoms with E-state index in [1.54, 1.807) is 11.3 Å². The van der Waals surface area contributed by atoms with Crippen LogP contribution in [0.4, 0.5) is 5.13 Å². The lowest BCUT2D eigenvalue weighted by molar-refractivity contribution is -0.123. The lowest BCUT2D eigenvalue weighted by atomic mass is 10.1. The van der Waals surface area contributed by atoms with E-state index in [-0.39, 0.29) is 18.0 Å². The minimum Gasteiger partial charge on any atom is -0.349 e. The average molecular weight is 356 g/mol. The maximum absolute atomic E-state index is 12.5. The van der Waals surface area contributed by atoms with Crippen LogP contribution < -0.4 is 15.5 Å². The number of nitrogens with one attached hydrogen (secondary N) is 2. The first-order chi connectivity index (χ1) is 12.3. The zero-order valence-electron chi connectivity index (χ0n) is 14.3. The van der Waals surface area contributed by atoms with Crippen molar-refractivity contribution in [2.45, 2.75) is 44.3 Å². The van der Waals surface area contributed by atoms with Crippen molar-refractivity contribution in [2.24, 2.45) is 0 Å². The summed E-state index contributed by atoms with van der Waals surface area (Å²) in [6.07, 6.45) is 4.38. The minimum atomic E-state index is -0.109. The van der Waals surface area contributed by atoms with E-state index in [4.69, 9.17) is 0 Å². The molecule has 1 aromatic heterocycles. The molecule has 2 saturated heterocycles. The van der Waals surface area contributed by atoms with Crippen LogP contribution in [-0.4, -0.2) is 30.0 Å². The highest BCUT2D eigenvalue weighted by molar-refractivity contribution is 7.13. The molecule has 2 aliphatic rings. The lowest BCUT2D eigenvalue weighted by Gasteiger charge is -2.14. The van der Waals surface area contributed by atoms with Crippen LogP contribution in [0.15, 0.2) is 35.7 Å². The largest absolute Gasteiger partial charge is 0.349 e. The number of benzene rings is 1. The average Bonchev–Trinajstić information content (AvgIpc) is 3.41. The molecule has 3 heterocycles. The van der Waals surface area contributed by atoms with Crippen LogP contribution in [0.25, 0.3) is 0 Å². The number of nitrogens with zero attached hydrogens (tertiary/aromatic N) is 2. The zero-order chi connectivity index (χ0) is 17.1. The van der Waals surface area contributed by atoms with Gasteiger partial charge in [0.25, 0.3) is 0 Å². The summed E-state index contributed by atoms with van der Waals surface area (Å²) in [5.41, 5.74) is 2.21. The Morgan fingerprint density at radius 1 is 1.24 bits per heavy atom. The Kier molecular flexibility index (Phi) is 4.99. The predicted molar refractivity (Wildman–Crippen MR) is 101 cm³/mol. The fourth-order valence-electron chi connectivity index (χ4n) is 3.63. The second-order valence-corrected chi connectivity index (χ2v) is 7.63. The van der Waals surface area contributed by atoms with Crippen LogP contribution in [0, 0.1) is 0 Å². The van der Waals surface area contributed by atoms with E-state index in [1.807, 2.05) is 18.2 Å². The van der Waals surface area contributed by atoms with E-state index in [9.17, 15) is 4.79 Å². The highest BCUT2D eigenvalue weighted by atomic mass is 32.1. The van der Waals surface area contributed by atoms with Crippen molar-refractivity contribution in [2.75, 3.05) is 18.0 Å². The summed E-state index contributed by atoms with van der Waals surface area (Å²) in [6.45, 7) is 2.72. The van der Waals surface area contributed by atoms with E-state index in [2.05, 4.69) is 38.0 Å². The molecule has 25 heavy (non-hydrogen) atoms. The standard InChI is InChI=1S/C19H24N4OS/c24-18(17-9-8-16(22-17)14-6-2-1-3-7-14)20-12-15-13-25-19(21-15)23-10-4-5-11-23/h1-3,6-7,13,16-17,22H,4-5,8-12H2,(H,20,24)/t16-,17-/m1/s1. The number of carbonyl (C=O) groups excluding carboxylic acids is 1. The topological polar surface area (TPSA) is 57.3 Å². The first-order valence-corrected chi connectivity index (χ1v) is 9.95. The van der Waals surface area contributed by atoms with Gasteiger partial charge in [0.2, 0.25) is 5.91 Å². The number of hydrogen-bond donors (Lipinski definition) is 2. The molecule has 0 saturated carbocycles. The molecule has 6 heteroatoms. The van der Waals surface area contributed by atoms with Crippen LogP contribution in [0.1, 0.15) is 43.0 Å². The van der Waals surface area contributed by atoms with Gasteiger partial charge >= 0.3 is 0 Å². The Bertz CT molecular complexity index is 711. The zero-order valence-corrected chi connectivity index (χ0v) is 15.1. The van der Waals surface area contributed by atoms with Crippen LogP contribution in [0.3, 0.4) is 0 Å². The fraction of sp³-hybridized carbons (Fsp3) is 0.474. The third kappa shape index (κ3) is 3.85. The van der Waals surface area contributed by atoms with Gasteiger partial charge in [-0.3, -0.25) is 10.1 Å². The Balaban J connectivity index is 1.28. The Morgan fingerprint density at radius 3 is 2.84 bits per heavy atom. The van der Waals surface area contributed by atoms with E-state index in [1.165, 1.54) is 18.4 Å². The van der Waals surface area contributed by atoms with E-state index >= 15 is 0 Å². The van der Waals surface area contributed by atoms with Crippen molar-refractivity contribution in [3.05, 3.63) is 47.0 Å². The molecule has 0 unspecified atom stereocenters. The van der Waals surface area contributed by atoms with Crippen LogP contribution in [0.2, 0.25) is 0 Å². The summed E-state index contributed by atoms with van der Waals surface area (Å²) in [7, 11) is 0. The summed E-state index contributed by atoms with van der Waals surface area (Å²) in [5, 5.41) is 9.64. The molecule has 2 aromatic rings. The smallest absolute Gasteiger partial charge is 0.237 e. The third-order valence-corrected chi connectivity index (χ3v) is 5.97. The molecular formula is C19H24N4OS. The van der Waals surface area contributed by atoms with Crippen LogP contribution in [0.5, 0.6) is 0 Å². The molecule has 4 rings (SSSR count). The molecule has 0 spiro atoms. The number of carbonyl (C=O) groups is 1. The first kappa shape index (κ1) is 16.5. The Morgan fingerprint density at radius 2 is 2.04 bits per heavy atom. The maximum atomic E-state index is 12.5. The van der Waals surface area contributed by atoms with Crippen LogP contribution in [-0.2, 0) is 11.3 Å². The molecule has 5 nitrogen and oxygen atoms in total. The summed E-state index contributed by atoms with van der Waals surface area (Å²) < 4.78 is 0. The molecule has 1 aromatic carbocycles. The first-order valence-electron chi connectivity index (χ1n) is 9.07. The van der Waals surface area contributed by atoms with E-state index in [0.717, 1.165) is 36.8 Å². The number of aromatic nitrogens is 1. The minimum absolute atomic E-state index is 0.0779. The van der Waals surface area contributed by atoms with Gasteiger partial charge in [-0.25, -0.2) is 4.98 Å². The van der Waals surface area contributed by atoms with Gasteiger partial charge in [-0.1, -0.05) is 30.3 Å². The van der Waals surface area contributed by atoms with Gasteiger partial charge in [-0.2, -0.15) is 0 Å². The monoisotopic (exact) mass is 356 g/mol. The van der Waals surface area contributed by atoms with Crippen molar-refractivity contribution in [1.29, 1.82) is 0 Å². The molecule has 0 aliphatic carbocycles. The second kappa shape index (κ2) is 7.54. The predicted octanol–water partition coefficient (Wildman–Crippen LogP) is 2.85. The van der Waals surface area contributed by atoms with Crippen molar-refractivity contribution in [1.82, 2.24) is 15.6 Å². The quantitative estimate of drug-likeness (QED) is 0.865. The molecule has 132 valence electrons. The van der Waals surface area contributed by atoms with Crippen molar-refractivity contribution in [3.63, 3.8) is 0 Å². The number of thiazole rings is 1. The van der Waals surface area contributed by atoms with Gasteiger partial charge in [-0.05, 0) is 31.2 Å². The molecule has 0 radical (unpaired) electrons. The van der Waals surface area contributed by atoms with Gasteiger partial charge in [-0.15, -0.1) is 11.3 Å². The lowest BCUT2D eigenvalue weighted by Crippen LogP contribution is -2.40. The van der Waals surface area contributed by atoms with Crippen molar-refractivity contribution < 1.29 is 4.79 Å². The molecule has 2 aliphatic heterocycles. The van der Waals surface area contributed by atoms with Crippen molar-refractivity contribution >= 4 is 22.4 Å². The third-order valence-electron chi connectivity index (χ3n) is 5.02. The molecular weight excluding hydrogens is 332 g/mol. The number of amides is 1. The Hall–Kier alpha value is -1.92. The van der Waals surface area contributed by atoms with Crippen LogP contribution >= 0.6 is 11.3 Å². The molecule has 0 bridgehead atoms. The van der Waals surface area contributed by atoms with Gasteiger partial charge in [0.05, 0.1) is 18.3 Å². The van der Waals surface area contributed by atoms with Gasteiger partial charge < -0.3 is 10.2 Å². The summed E-state index contributed by atoms with van der Waals surface area (Å²) in [4.78, 5) is 19.4. The summed E-state index contributed by atoms with van der Waals surface area (Å²) in [6, 6.07) is 10.5. The summed E-state index contributed by atoms with van der Waals surface area (Å²) in [5.74, 6) is 0.0779. The van der Waals surface area contributed by atoms with Gasteiger partial charge in [0.15, 0.2) is 5.13 Å². The molecule has 1 amide bonds. The molecule has 2 fully saturated rings. The number of hydrogen-bond acceptors (Lipinski definition) is 5. The second-order valence-electron chi connectivity index (χ2n) is 6.79. The van der Waals surface area contributed by atoms with E-state index in [0.29, 0.717) is 6.54 Å². The SMILES string of the molecule is O=C(NCc1csc(N2CCCC2)n1)[C@H]1CC[C@H](c2ccccc2)N1. The normalized spacial score (nSPS) is 23.1. The molecule has 2 N–H and O–H groups in total. The highest BCUT2D eigenvalue weighted by Gasteiger charge is 2.29. The van der Waals surface area contributed by atoms with Crippen molar-refractivity contribution in [3.8, 4) is 0 Å².